The van der Waals surface area contributed by atoms with Gasteiger partial charge in [0.25, 0.3) is 0 Å². The summed E-state index contributed by atoms with van der Waals surface area (Å²) in [5, 5.41) is 3.97. The zero-order valence-corrected chi connectivity index (χ0v) is 13.2. The Balaban J connectivity index is 1.78. The highest BCUT2D eigenvalue weighted by molar-refractivity contribution is 4.88. The van der Waals surface area contributed by atoms with Crippen molar-refractivity contribution in [1.82, 2.24) is 19.9 Å². The lowest BCUT2D eigenvalue weighted by molar-refractivity contribution is 0.0512. The maximum Gasteiger partial charge on any atom is 0.240 e. The summed E-state index contributed by atoms with van der Waals surface area (Å²) in [6.45, 7) is 8.46. The van der Waals surface area contributed by atoms with Gasteiger partial charge in [-0.25, -0.2) is 0 Å². The highest BCUT2D eigenvalue weighted by Gasteiger charge is 2.24. The minimum absolute atomic E-state index is 0.518. The molecular weight excluding hydrogens is 272 g/mol. The Morgan fingerprint density at radius 3 is 2.76 bits per heavy atom. The molecule has 1 atom stereocenters. The third-order valence-corrected chi connectivity index (χ3v) is 3.83. The molecule has 0 radical (unpaired) electrons. The van der Waals surface area contributed by atoms with Crippen LogP contribution in [0.3, 0.4) is 0 Å². The van der Waals surface area contributed by atoms with E-state index in [2.05, 4.69) is 26.9 Å². The summed E-state index contributed by atoms with van der Waals surface area (Å²) in [5.41, 5.74) is 0. The summed E-state index contributed by atoms with van der Waals surface area (Å²) in [6, 6.07) is 0.518. The third kappa shape index (κ3) is 5.03. The maximum atomic E-state index is 5.30. The summed E-state index contributed by atoms with van der Waals surface area (Å²) in [6.07, 6.45) is 0.696. The van der Waals surface area contributed by atoms with Crippen LogP contribution in [0.5, 0.6) is 0 Å². The number of aromatic nitrogens is 2. The second-order valence-electron chi connectivity index (χ2n) is 5.46. The smallest absolute Gasteiger partial charge is 0.240 e. The molecule has 0 N–H and O–H groups in total. The molecule has 0 aliphatic carbocycles. The fourth-order valence-corrected chi connectivity index (χ4v) is 2.60. The van der Waals surface area contributed by atoms with E-state index in [0.29, 0.717) is 25.0 Å². The van der Waals surface area contributed by atoms with Crippen LogP contribution < -0.4 is 0 Å². The van der Waals surface area contributed by atoms with Crippen molar-refractivity contribution < 1.29 is 14.0 Å². The van der Waals surface area contributed by atoms with Gasteiger partial charge in [-0.3, -0.25) is 9.80 Å². The average Bonchev–Trinajstić information content (AvgIpc) is 2.92. The number of methoxy groups -OCH3 is 2. The largest absolute Gasteiger partial charge is 0.384 e. The fourth-order valence-electron chi connectivity index (χ4n) is 2.60. The van der Waals surface area contributed by atoms with Gasteiger partial charge in [-0.05, 0) is 6.92 Å². The molecule has 120 valence electrons. The number of piperazine rings is 1. The first-order chi connectivity index (χ1) is 10.2. The second-order valence-corrected chi connectivity index (χ2v) is 5.46. The minimum Gasteiger partial charge on any atom is -0.384 e. The van der Waals surface area contributed by atoms with E-state index in [4.69, 9.17) is 14.0 Å². The van der Waals surface area contributed by atoms with Crippen LogP contribution in [0.25, 0.3) is 0 Å². The first kappa shape index (κ1) is 16.4. The Morgan fingerprint density at radius 1 is 1.24 bits per heavy atom. The zero-order valence-electron chi connectivity index (χ0n) is 13.2. The van der Waals surface area contributed by atoms with Gasteiger partial charge >= 0.3 is 0 Å². The van der Waals surface area contributed by atoms with Crippen molar-refractivity contribution in [3.8, 4) is 0 Å². The number of ether oxygens (including phenoxy) is 2. The van der Waals surface area contributed by atoms with Crippen LogP contribution in [0.1, 0.15) is 18.6 Å². The van der Waals surface area contributed by atoms with Crippen molar-refractivity contribution in [2.45, 2.75) is 25.9 Å². The van der Waals surface area contributed by atoms with E-state index in [-0.39, 0.29) is 0 Å². The first-order valence-corrected chi connectivity index (χ1v) is 7.48. The molecule has 0 amide bonds. The van der Waals surface area contributed by atoms with Crippen LogP contribution in [-0.2, 0) is 22.4 Å². The highest BCUT2D eigenvalue weighted by Crippen LogP contribution is 2.12. The van der Waals surface area contributed by atoms with E-state index in [9.17, 15) is 0 Å². The monoisotopic (exact) mass is 298 g/mol. The molecule has 0 unspecified atom stereocenters. The van der Waals surface area contributed by atoms with Crippen LogP contribution in [0.15, 0.2) is 4.52 Å². The molecule has 1 aliphatic heterocycles. The lowest BCUT2D eigenvalue weighted by Crippen LogP contribution is -2.52. The minimum atomic E-state index is 0.518. The summed E-state index contributed by atoms with van der Waals surface area (Å²) < 4.78 is 15.5. The Morgan fingerprint density at radius 2 is 2.05 bits per heavy atom. The standard InChI is InChI=1S/C14H26N4O3/c1-12-10-17(5-6-18(12)7-9-20-3)11-14-15-13(16-21-14)4-8-19-2/h12H,4-11H2,1-3H3/t12-/m1/s1. The maximum absolute atomic E-state index is 5.30. The van der Waals surface area contributed by atoms with E-state index in [0.717, 1.165) is 45.2 Å². The Labute approximate surface area is 126 Å². The molecule has 7 nitrogen and oxygen atoms in total. The van der Waals surface area contributed by atoms with E-state index < -0.39 is 0 Å². The van der Waals surface area contributed by atoms with E-state index in [1.54, 1.807) is 14.2 Å². The van der Waals surface area contributed by atoms with Gasteiger partial charge in [0.05, 0.1) is 19.8 Å². The summed E-state index contributed by atoms with van der Waals surface area (Å²) in [5.74, 6) is 1.41. The first-order valence-electron chi connectivity index (χ1n) is 7.48. The quantitative estimate of drug-likeness (QED) is 0.689. The summed E-state index contributed by atoms with van der Waals surface area (Å²) >= 11 is 0. The molecule has 2 rings (SSSR count). The molecular formula is C14H26N4O3. The summed E-state index contributed by atoms with van der Waals surface area (Å²) in [7, 11) is 3.42. The molecule has 1 saturated heterocycles. The number of hydrogen-bond donors (Lipinski definition) is 0. The van der Waals surface area contributed by atoms with Crippen molar-refractivity contribution in [3.63, 3.8) is 0 Å². The zero-order chi connectivity index (χ0) is 15.1. The number of nitrogens with zero attached hydrogens (tertiary/aromatic N) is 4. The van der Waals surface area contributed by atoms with Gasteiger partial charge in [-0.2, -0.15) is 4.98 Å². The molecule has 2 heterocycles. The lowest BCUT2D eigenvalue weighted by atomic mass is 10.2. The van der Waals surface area contributed by atoms with Crippen LogP contribution >= 0.6 is 0 Å². The van der Waals surface area contributed by atoms with E-state index in [1.807, 2.05) is 0 Å². The van der Waals surface area contributed by atoms with E-state index in [1.165, 1.54) is 0 Å². The van der Waals surface area contributed by atoms with Gasteiger partial charge in [0.1, 0.15) is 0 Å². The van der Waals surface area contributed by atoms with Crippen LogP contribution in [0.2, 0.25) is 0 Å². The predicted molar refractivity (Wildman–Crippen MR) is 78.1 cm³/mol. The lowest BCUT2D eigenvalue weighted by Gasteiger charge is -2.39. The van der Waals surface area contributed by atoms with Crippen molar-refractivity contribution in [2.24, 2.45) is 0 Å². The molecule has 0 saturated carbocycles. The molecule has 0 spiro atoms. The van der Waals surface area contributed by atoms with Gasteiger partial charge in [0.15, 0.2) is 5.82 Å². The molecule has 1 aromatic heterocycles. The third-order valence-electron chi connectivity index (χ3n) is 3.83. The Kier molecular flexibility index (Phi) is 6.56. The Bertz CT molecular complexity index is 413. The number of hydrogen-bond acceptors (Lipinski definition) is 7. The van der Waals surface area contributed by atoms with Crippen LogP contribution in [0, 0.1) is 0 Å². The molecule has 1 aromatic rings. The molecule has 7 heteroatoms. The number of rotatable bonds is 8. The molecule has 0 bridgehead atoms. The molecule has 21 heavy (non-hydrogen) atoms. The Hall–Kier alpha value is -1.02. The topological polar surface area (TPSA) is 63.9 Å². The fraction of sp³-hybridized carbons (Fsp3) is 0.857. The van der Waals surface area contributed by atoms with Gasteiger partial charge in [0, 0.05) is 52.9 Å². The van der Waals surface area contributed by atoms with Gasteiger partial charge < -0.3 is 14.0 Å². The SMILES string of the molecule is COCCc1noc(CN2CCN(CCOC)[C@H](C)C2)n1. The normalized spacial score (nSPS) is 21.0. The molecule has 1 fully saturated rings. The van der Waals surface area contributed by atoms with E-state index >= 15 is 0 Å². The van der Waals surface area contributed by atoms with Crippen LogP contribution in [0.4, 0.5) is 0 Å². The summed E-state index contributed by atoms with van der Waals surface area (Å²) in [4.78, 5) is 9.22. The van der Waals surface area contributed by atoms with Gasteiger partial charge in [-0.1, -0.05) is 5.16 Å². The molecule has 1 aliphatic rings. The van der Waals surface area contributed by atoms with Crippen molar-refractivity contribution in [1.29, 1.82) is 0 Å². The predicted octanol–water partition coefficient (Wildman–Crippen LogP) is 0.411. The molecule has 0 aromatic carbocycles. The van der Waals surface area contributed by atoms with Crippen molar-refractivity contribution in [2.75, 3.05) is 53.6 Å². The highest BCUT2D eigenvalue weighted by atomic mass is 16.5. The second kappa shape index (κ2) is 8.43. The van der Waals surface area contributed by atoms with Gasteiger partial charge in [-0.15, -0.1) is 0 Å². The van der Waals surface area contributed by atoms with Gasteiger partial charge in [0.2, 0.25) is 5.89 Å². The van der Waals surface area contributed by atoms with Crippen molar-refractivity contribution in [3.05, 3.63) is 11.7 Å². The average molecular weight is 298 g/mol. The van der Waals surface area contributed by atoms with Crippen LogP contribution in [-0.4, -0.2) is 79.6 Å². The van der Waals surface area contributed by atoms with Crippen molar-refractivity contribution >= 4 is 0 Å².